The average Bonchev–Trinajstić information content (AvgIpc) is 2.88. The van der Waals surface area contributed by atoms with E-state index in [1.807, 2.05) is 12.2 Å². The number of aliphatic hydroxyl groups excluding tert-OH is 2. The molecule has 0 fully saturated rings. The molecule has 0 aromatic rings. The van der Waals surface area contributed by atoms with Crippen molar-refractivity contribution in [2.45, 2.75) is 193 Å². The van der Waals surface area contributed by atoms with Gasteiger partial charge in [-0.3, -0.25) is 0 Å². The molecular weight excluding hydrogens is 545 g/mol. The third-order valence-corrected chi connectivity index (χ3v) is 22.4. The Morgan fingerprint density at radius 3 is 0.905 bits per heavy atom. The van der Waals surface area contributed by atoms with Crippen LogP contribution in [0.25, 0.3) is 0 Å². The average molecular weight is 615 g/mol. The van der Waals surface area contributed by atoms with E-state index in [-0.39, 0.29) is 0 Å². The molecule has 0 aromatic heterocycles. The number of rotatable bonds is 19. The Labute approximate surface area is 265 Å². The van der Waals surface area contributed by atoms with Gasteiger partial charge in [0.05, 0.1) is 0 Å². The molecule has 0 aliphatic heterocycles. The van der Waals surface area contributed by atoms with E-state index in [1.54, 1.807) is 0 Å². The van der Waals surface area contributed by atoms with E-state index < -0.39 is 28.4 Å². The molecule has 0 aliphatic carbocycles. The van der Waals surface area contributed by atoms with Crippen LogP contribution in [0.2, 0.25) is 33.2 Å². The molecule has 0 heterocycles. The number of hydrogen-bond donors (Lipinski definition) is 2. The van der Waals surface area contributed by atoms with Crippen LogP contribution in [0.4, 0.5) is 0 Å². The van der Waals surface area contributed by atoms with E-state index in [1.165, 1.54) is 51.4 Å². The number of allylic oxidation sites excluding steroid dienone is 2. The van der Waals surface area contributed by atoms with Gasteiger partial charge in [-0.15, -0.1) is 11.1 Å². The van der Waals surface area contributed by atoms with Gasteiger partial charge in [0.25, 0.3) is 0 Å². The first-order valence-corrected chi connectivity index (χ1v) is 21.9. The highest BCUT2D eigenvalue weighted by Gasteiger charge is 2.42. The monoisotopic (exact) mass is 614 g/mol. The van der Waals surface area contributed by atoms with Crippen molar-refractivity contribution in [2.75, 3.05) is 0 Å². The van der Waals surface area contributed by atoms with Crippen LogP contribution < -0.4 is 0 Å². The predicted octanol–water partition coefficient (Wildman–Crippen LogP) is 11.2. The zero-order valence-corrected chi connectivity index (χ0v) is 31.9. The van der Waals surface area contributed by atoms with Gasteiger partial charge in [-0.05, 0) is 71.1 Å². The molecule has 0 aromatic carbocycles. The van der Waals surface area contributed by atoms with Crippen LogP contribution in [-0.2, 0) is 0 Å². The Hall–Kier alpha value is -1.05. The van der Waals surface area contributed by atoms with Gasteiger partial charge in [0.1, 0.15) is 28.4 Å². The minimum atomic E-state index is -1.77. The molecule has 0 unspecified atom stereocenters. The summed E-state index contributed by atoms with van der Waals surface area (Å²) < 4.78 is 0. The smallest absolute Gasteiger partial charge is 0.146 e. The summed E-state index contributed by atoms with van der Waals surface area (Å²) in [5.74, 6) is 6.39. The third kappa shape index (κ3) is 13.7. The van der Waals surface area contributed by atoms with E-state index in [2.05, 4.69) is 118 Å². The van der Waals surface area contributed by atoms with Crippen molar-refractivity contribution in [1.29, 1.82) is 0 Å². The lowest BCUT2D eigenvalue weighted by molar-refractivity contribution is 0.280. The Bertz CT molecular complexity index is 772. The molecule has 0 saturated carbocycles. The molecule has 242 valence electrons. The first kappa shape index (κ1) is 41.0. The minimum Gasteiger partial charge on any atom is -0.377 e. The van der Waals surface area contributed by atoms with E-state index >= 15 is 0 Å². The van der Waals surface area contributed by atoms with E-state index in [0.29, 0.717) is 33.2 Å². The van der Waals surface area contributed by atoms with Gasteiger partial charge >= 0.3 is 0 Å². The quantitative estimate of drug-likeness (QED) is 0.0657. The molecule has 2 nitrogen and oxygen atoms in total. The van der Waals surface area contributed by atoms with Gasteiger partial charge in [0.15, 0.2) is 0 Å². The molecule has 2 N–H and O–H groups in total. The standard InChI is InChI=1S/C38H70O2Si2/c1-31(2)41(32(3)4,33(5)6)29-27-37(39)25-23-21-19-17-15-13-14-16-18-20-22-24-26-38(40)28-30-42(34(7)8,35(9)10)36(11)12/h23-26,31-40H,13-22H2,1-12H3/b25-23+,26-24+/t37-,38-/m1/s1. The summed E-state index contributed by atoms with van der Waals surface area (Å²) in [5.41, 5.74) is 10.8. The third-order valence-electron chi connectivity index (χ3n) is 9.73. The van der Waals surface area contributed by atoms with Crippen LogP contribution in [0.3, 0.4) is 0 Å². The maximum atomic E-state index is 10.4. The zero-order chi connectivity index (χ0) is 32.3. The summed E-state index contributed by atoms with van der Waals surface area (Å²) in [5, 5.41) is 20.8. The molecule has 0 radical (unpaired) electrons. The van der Waals surface area contributed by atoms with Crippen LogP contribution in [0.15, 0.2) is 24.3 Å². The van der Waals surface area contributed by atoms with Crippen molar-refractivity contribution >= 4 is 16.1 Å². The van der Waals surface area contributed by atoms with Crippen molar-refractivity contribution in [3.8, 4) is 22.9 Å². The number of aliphatic hydroxyl groups is 2. The van der Waals surface area contributed by atoms with Crippen molar-refractivity contribution < 1.29 is 10.2 Å². The highest BCUT2D eigenvalue weighted by Crippen LogP contribution is 2.41. The second-order valence-corrected chi connectivity index (χ2v) is 25.6. The zero-order valence-electron chi connectivity index (χ0n) is 29.9. The lowest BCUT2D eigenvalue weighted by Crippen LogP contribution is -2.43. The summed E-state index contributed by atoms with van der Waals surface area (Å²) in [6, 6.07) is 0. The van der Waals surface area contributed by atoms with Crippen LogP contribution in [0.5, 0.6) is 0 Å². The summed E-state index contributed by atoms with van der Waals surface area (Å²) in [6.45, 7) is 27.7. The van der Waals surface area contributed by atoms with E-state index in [0.717, 1.165) is 12.8 Å². The fourth-order valence-corrected chi connectivity index (χ4v) is 17.9. The largest absolute Gasteiger partial charge is 0.377 e. The van der Waals surface area contributed by atoms with E-state index in [9.17, 15) is 10.2 Å². The summed E-state index contributed by atoms with van der Waals surface area (Å²) >= 11 is 0. The van der Waals surface area contributed by atoms with Crippen molar-refractivity contribution in [3.05, 3.63) is 24.3 Å². The van der Waals surface area contributed by atoms with Gasteiger partial charge in [0, 0.05) is 0 Å². The molecule has 0 amide bonds. The molecule has 4 heteroatoms. The number of unbranched alkanes of at least 4 members (excludes halogenated alkanes) is 9. The molecule has 0 aliphatic rings. The molecule has 2 atom stereocenters. The second-order valence-electron chi connectivity index (χ2n) is 14.5. The Morgan fingerprint density at radius 2 is 0.667 bits per heavy atom. The highest BCUT2D eigenvalue weighted by molar-refractivity contribution is 6.91. The fraction of sp³-hybridized carbons (Fsp3) is 0.789. The van der Waals surface area contributed by atoms with Gasteiger partial charge in [-0.1, -0.05) is 146 Å². The van der Waals surface area contributed by atoms with Crippen molar-refractivity contribution in [3.63, 3.8) is 0 Å². The van der Waals surface area contributed by atoms with Gasteiger partial charge < -0.3 is 10.2 Å². The van der Waals surface area contributed by atoms with Crippen LogP contribution in [0.1, 0.15) is 147 Å². The van der Waals surface area contributed by atoms with E-state index in [4.69, 9.17) is 0 Å². The lowest BCUT2D eigenvalue weighted by Gasteiger charge is -2.38. The normalized spacial score (nSPS) is 14.5. The Morgan fingerprint density at radius 1 is 0.429 bits per heavy atom. The topological polar surface area (TPSA) is 40.5 Å². The fourth-order valence-electron chi connectivity index (χ4n) is 7.40. The maximum Gasteiger partial charge on any atom is 0.146 e. The SMILES string of the molecule is CC(C)[Si](C#C[C@H](O)/C=C/CCCCCCCCCC/C=C/[C@@H](O)C#C[Si](C(C)C)(C(C)C)C(C)C)(C(C)C)C(C)C. The van der Waals surface area contributed by atoms with Gasteiger partial charge in [-0.2, -0.15) is 0 Å². The van der Waals surface area contributed by atoms with Crippen LogP contribution >= 0.6 is 0 Å². The molecular formula is C38H70O2Si2. The maximum absolute atomic E-state index is 10.4. The summed E-state index contributed by atoms with van der Waals surface area (Å²) in [4.78, 5) is 0. The first-order valence-electron chi connectivity index (χ1n) is 17.4. The molecule has 0 rings (SSSR count). The lowest BCUT2D eigenvalue weighted by atomic mass is 10.1. The highest BCUT2D eigenvalue weighted by atomic mass is 28.3. The summed E-state index contributed by atoms with van der Waals surface area (Å²) in [7, 11) is -3.54. The molecule has 42 heavy (non-hydrogen) atoms. The first-order chi connectivity index (χ1) is 19.7. The number of hydrogen-bond acceptors (Lipinski definition) is 2. The van der Waals surface area contributed by atoms with Crippen molar-refractivity contribution in [1.82, 2.24) is 0 Å². The molecule has 0 spiro atoms. The second kappa shape index (κ2) is 21.6. The summed E-state index contributed by atoms with van der Waals surface area (Å²) in [6.07, 6.45) is 18.9. The van der Waals surface area contributed by atoms with Crippen LogP contribution in [-0.4, -0.2) is 38.6 Å². The molecule has 0 bridgehead atoms. The van der Waals surface area contributed by atoms with Gasteiger partial charge in [-0.25, -0.2) is 0 Å². The Kier molecular flexibility index (Phi) is 21.1. The van der Waals surface area contributed by atoms with Crippen LogP contribution in [0, 0.1) is 22.9 Å². The van der Waals surface area contributed by atoms with Gasteiger partial charge in [0.2, 0.25) is 0 Å². The molecule has 0 saturated heterocycles. The predicted molar refractivity (Wildman–Crippen MR) is 194 cm³/mol. The van der Waals surface area contributed by atoms with Crippen molar-refractivity contribution in [2.24, 2.45) is 0 Å². The Balaban J connectivity index is 4.19. The minimum absolute atomic E-state index is 0.591.